The first-order chi connectivity index (χ1) is 26.3. The summed E-state index contributed by atoms with van der Waals surface area (Å²) in [7, 11) is 0. The van der Waals surface area contributed by atoms with Crippen LogP contribution in [0, 0.1) is 6.92 Å². The van der Waals surface area contributed by atoms with Crippen molar-refractivity contribution in [3.05, 3.63) is 133 Å². The van der Waals surface area contributed by atoms with Gasteiger partial charge in [0.25, 0.3) is 0 Å². The van der Waals surface area contributed by atoms with Gasteiger partial charge in [0.05, 0.1) is 50.1 Å². The van der Waals surface area contributed by atoms with Crippen molar-refractivity contribution in [2.45, 2.75) is 58.3 Å². The second-order valence-corrected chi connectivity index (χ2v) is 11.8. The van der Waals surface area contributed by atoms with Crippen LogP contribution in [-0.4, -0.2) is 50.3 Å². The number of carbonyl (C=O) groups is 4. The summed E-state index contributed by atoms with van der Waals surface area (Å²) in [5, 5.41) is 0. The number of rotatable bonds is 22. The van der Waals surface area contributed by atoms with Crippen LogP contribution in [0.15, 0.2) is 121 Å². The lowest BCUT2D eigenvalue weighted by Crippen LogP contribution is -2.10. The van der Waals surface area contributed by atoms with E-state index in [1.54, 1.807) is 86.2 Å². The second kappa shape index (κ2) is 25.0. The lowest BCUT2D eigenvalue weighted by atomic mass is 10.2. The first-order valence-electron chi connectivity index (χ1n) is 17.9. The number of hydrogen-bond acceptors (Lipinski definition) is 11. The van der Waals surface area contributed by atoms with Crippen molar-refractivity contribution in [1.82, 2.24) is 0 Å². The molecule has 11 nitrogen and oxygen atoms in total. The summed E-state index contributed by atoms with van der Waals surface area (Å²) in [6.45, 7) is 10.3. The van der Waals surface area contributed by atoms with E-state index in [0.29, 0.717) is 66.1 Å². The standard InChI is InChI=1S/C39H44O10.C4H4O/c1-4-36(40)46-26-12-8-6-10-24-44-32-18-14-30(15-19-32)38(42)48-34-22-23-35(29(3)28-34)49-39(43)31-16-20-33(21-17-31)45-25-11-7-9-13-27-47-37(41)5-2;1-2-4-5-3-1/h4-5,14-23,28H,1-2,6-13,24-27H2,3H3;1-4H. The Kier molecular flexibility index (Phi) is 19.6. The van der Waals surface area contributed by atoms with E-state index in [9.17, 15) is 19.2 Å². The van der Waals surface area contributed by atoms with Crippen molar-refractivity contribution in [1.29, 1.82) is 0 Å². The van der Waals surface area contributed by atoms with Crippen LogP contribution < -0.4 is 18.9 Å². The molecule has 1 aromatic heterocycles. The van der Waals surface area contributed by atoms with Crippen molar-refractivity contribution >= 4 is 23.9 Å². The third kappa shape index (κ3) is 16.9. The molecule has 0 bridgehead atoms. The minimum atomic E-state index is -0.526. The van der Waals surface area contributed by atoms with Crippen molar-refractivity contribution in [3.8, 4) is 23.0 Å². The average molecular weight is 741 g/mol. The van der Waals surface area contributed by atoms with E-state index in [2.05, 4.69) is 17.6 Å². The van der Waals surface area contributed by atoms with Crippen molar-refractivity contribution < 1.29 is 52.0 Å². The summed E-state index contributed by atoms with van der Waals surface area (Å²) in [5.41, 5.74) is 1.36. The van der Waals surface area contributed by atoms with Crippen LogP contribution >= 0.6 is 0 Å². The predicted molar refractivity (Wildman–Crippen MR) is 203 cm³/mol. The number of aryl methyl sites for hydroxylation is 1. The Bertz CT molecular complexity index is 1710. The minimum Gasteiger partial charge on any atom is -0.494 e. The van der Waals surface area contributed by atoms with E-state index < -0.39 is 23.9 Å². The smallest absolute Gasteiger partial charge is 0.343 e. The Hall–Kier alpha value is -6.10. The molecule has 1 heterocycles. The zero-order valence-corrected chi connectivity index (χ0v) is 30.7. The van der Waals surface area contributed by atoms with Gasteiger partial charge in [0.15, 0.2) is 0 Å². The fraction of sp³-hybridized carbons (Fsp3) is 0.302. The lowest BCUT2D eigenvalue weighted by molar-refractivity contribution is -0.138. The average Bonchev–Trinajstić information content (AvgIpc) is 3.79. The quantitative estimate of drug-likeness (QED) is 0.0330. The van der Waals surface area contributed by atoms with E-state index in [1.165, 1.54) is 0 Å². The molecule has 0 spiro atoms. The molecule has 54 heavy (non-hydrogen) atoms. The Labute approximate surface area is 316 Å². The van der Waals surface area contributed by atoms with Gasteiger partial charge in [-0.2, -0.15) is 0 Å². The van der Waals surface area contributed by atoms with Gasteiger partial charge in [0, 0.05) is 12.2 Å². The van der Waals surface area contributed by atoms with E-state index in [0.717, 1.165) is 63.5 Å². The molecule has 286 valence electrons. The van der Waals surface area contributed by atoms with Crippen LogP contribution in [-0.2, 0) is 19.1 Å². The molecule has 0 aliphatic rings. The van der Waals surface area contributed by atoms with Gasteiger partial charge in [-0.3, -0.25) is 0 Å². The second-order valence-electron chi connectivity index (χ2n) is 11.8. The lowest BCUT2D eigenvalue weighted by Gasteiger charge is -2.11. The van der Waals surface area contributed by atoms with Crippen LogP contribution in [0.3, 0.4) is 0 Å². The minimum absolute atomic E-state index is 0.319. The molecule has 11 heteroatoms. The van der Waals surface area contributed by atoms with E-state index in [-0.39, 0.29) is 0 Å². The molecule has 0 aliphatic carbocycles. The van der Waals surface area contributed by atoms with Crippen LogP contribution in [0.2, 0.25) is 0 Å². The van der Waals surface area contributed by atoms with Gasteiger partial charge in [0.1, 0.15) is 23.0 Å². The van der Waals surface area contributed by atoms with Gasteiger partial charge in [0.2, 0.25) is 0 Å². The predicted octanol–water partition coefficient (Wildman–Crippen LogP) is 9.05. The van der Waals surface area contributed by atoms with Crippen molar-refractivity contribution in [3.63, 3.8) is 0 Å². The molecule has 0 saturated carbocycles. The number of furan rings is 1. The summed E-state index contributed by atoms with van der Waals surface area (Å²) in [5.74, 6) is 0.103. The first kappa shape index (κ1) is 42.3. The number of carbonyl (C=O) groups excluding carboxylic acids is 4. The molecular weight excluding hydrogens is 692 g/mol. The first-order valence-corrected chi connectivity index (χ1v) is 17.9. The summed E-state index contributed by atoms with van der Waals surface area (Å²) in [6.07, 6.45) is 12.6. The molecule has 0 radical (unpaired) electrons. The Morgan fingerprint density at radius 2 is 0.981 bits per heavy atom. The number of esters is 4. The zero-order chi connectivity index (χ0) is 38.8. The van der Waals surface area contributed by atoms with E-state index in [4.69, 9.17) is 28.4 Å². The number of ether oxygens (including phenoxy) is 6. The molecule has 0 N–H and O–H groups in total. The van der Waals surface area contributed by atoms with Crippen LogP contribution in [0.1, 0.15) is 77.6 Å². The molecule has 4 rings (SSSR count). The van der Waals surface area contributed by atoms with Gasteiger partial charge in [-0.05, 0) is 143 Å². The zero-order valence-electron chi connectivity index (χ0n) is 30.7. The highest BCUT2D eigenvalue weighted by Crippen LogP contribution is 2.26. The van der Waals surface area contributed by atoms with Crippen molar-refractivity contribution in [2.24, 2.45) is 0 Å². The topological polar surface area (TPSA) is 137 Å². The molecular formula is C43H48O11. The summed E-state index contributed by atoms with van der Waals surface area (Å²) in [4.78, 5) is 47.5. The Morgan fingerprint density at radius 3 is 1.39 bits per heavy atom. The fourth-order valence-corrected chi connectivity index (χ4v) is 4.68. The summed E-state index contributed by atoms with van der Waals surface area (Å²) < 4.78 is 37.1. The molecule has 0 amide bonds. The maximum Gasteiger partial charge on any atom is 0.343 e. The van der Waals surface area contributed by atoms with Gasteiger partial charge in [-0.1, -0.05) is 13.2 Å². The SMILES string of the molecule is C=CC(=O)OCCCCCCOc1ccc(C(=O)Oc2ccc(OC(=O)c3ccc(OCCCCCCOC(=O)C=C)cc3)c(C)c2)cc1.c1ccoc1. The highest BCUT2D eigenvalue weighted by molar-refractivity contribution is 5.92. The Morgan fingerprint density at radius 1 is 0.556 bits per heavy atom. The molecule has 0 fully saturated rings. The van der Waals surface area contributed by atoms with Crippen molar-refractivity contribution in [2.75, 3.05) is 26.4 Å². The third-order valence-corrected chi connectivity index (χ3v) is 7.60. The number of hydrogen-bond donors (Lipinski definition) is 0. The summed E-state index contributed by atoms with van der Waals surface area (Å²) >= 11 is 0. The Balaban J connectivity index is 0.00000144. The molecule has 0 atom stereocenters. The van der Waals surface area contributed by atoms with Gasteiger partial charge in [-0.15, -0.1) is 0 Å². The largest absolute Gasteiger partial charge is 0.494 e. The van der Waals surface area contributed by atoms with Gasteiger partial charge >= 0.3 is 23.9 Å². The monoisotopic (exact) mass is 740 g/mol. The number of benzene rings is 3. The molecule has 0 saturated heterocycles. The fourth-order valence-electron chi connectivity index (χ4n) is 4.68. The van der Waals surface area contributed by atoms with Gasteiger partial charge < -0.3 is 32.8 Å². The maximum absolute atomic E-state index is 12.8. The van der Waals surface area contributed by atoms with Gasteiger partial charge in [-0.25, -0.2) is 19.2 Å². The molecule has 0 aliphatic heterocycles. The molecule has 3 aromatic carbocycles. The van der Waals surface area contributed by atoms with E-state index >= 15 is 0 Å². The summed E-state index contributed by atoms with van der Waals surface area (Å²) in [6, 6.07) is 21.9. The number of unbranched alkanes of at least 4 members (excludes halogenated alkanes) is 6. The van der Waals surface area contributed by atoms with Crippen LogP contribution in [0.5, 0.6) is 23.0 Å². The molecule has 4 aromatic rings. The third-order valence-electron chi connectivity index (χ3n) is 7.60. The van der Waals surface area contributed by atoms with E-state index in [1.807, 2.05) is 12.1 Å². The normalized spacial score (nSPS) is 10.2. The van der Waals surface area contributed by atoms with Crippen LogP contribution in [0.25, 0.3) is 0 Å². The molecule has 0 unspecified atom stereocenters. The highest BCUT2D eigenvalue weighted by atomic mass is 16.5. The van der Waals surface area contributed by atoms with Crippen LogP contribution in [0.4, 0.5) is 0 Å². The highest BCUT2D eigenvalue weighted by Gasteiger charge is 2.14. The maximum atomic E-state index is 12.8.